The van der Waals surface area contributed by atoms with Crippen LogP contribution in [0.1, 0.15) is 12.5 Å². The minimum Gasteiger partial charge on any atom is -0.478 e. The molecule has 0 heterocycles. The van der Waals surface area contributed by atoms with Gasteiger partial charge < -0.3 is 14.7 Å². The van der Waals surface area contributed by atoms with E-state index in [0.29, 0.717) is 12.2 Å². The molecule has 1 rings (SSSR count). The third kappa shape index (κ3) is 4.37. The highest BCUT2D eigenvalue weighted by Crippen LogP contribution is 2.23. The van der Waals surface area contributed by atoms with Crippen molar-refractivity contribution in [2.45, 2.75) is 13.0 Å². The quantitative estimate of drug-likeness (QED) is 0.804. The van der Waals surface area contributed by atoms with Gasteiger partial charge in [0, 0.05) is 37.5 Å². The molecule has 1 N–H and O–H groups in total. The van der Waals surface area contributed by atoms with E-state index in [4.69, 9.17) is 9.84 Å². The van der Waals surface area contributed by atoms with Crippen LogP contribution < -0.4 is 4.90 Å². The second-order valence-electron chi connectivity index (χ2n) is 4.29. The maximum absolute atomic E-state index is 13.3. The molecule has 104 valence electrons. The lowest BCUT2D eigenvalue weighted by Gasteiger charge is -2.28. The molecule has 0 radical (unpaired) electrons. The predicted octanol–water partition coefficient (Wildman–Crippen LogP) is 2.39. The normalized spacial score (nSPS) is 12.6. The Morgan fingerprint density at radius 1 is 1.58 bits per heavy atom. The number of rotatable bonds is 6. The van der Waals surface area contributed by atoms with E-state index in [9.17, 15) is 9.18 Å². The lowest BCUT2D eigenvalue weighted by Crippen LogP contribution is -2.33. The summed E-state index contributed by atoms with van der Waals surface area (Å²) in [5.41, 5.74) is 1.27. The van der Waals surface area contributed by atoms with Gasteiger partial charge >= 0.3 is 5.97 Å². The topological polar surface area (TPSA) is 49.8 Å². The van der Waals surface area contributed by atoms with Gasteiger partial charge in [0.2, 0.25) is 0 Å². The molecule has 0 bridgehead atoms. The van der Waals surface area contributed by atoms with Crippen molar-refractivity contribution in [1.82, 2.24) is 0 Å². The second kappa shape index (κ2) is 6.89. The van der Waals surface area contributed by atoms with Gasteiger partial charge in [0.1, 0.15) is 5.82 Å². The Morgan fingerprint density at radius 2 is 2.26 bits per heavy atom. The van der Waals surface area contributed by atoms with Crippen molar-refractivity contribution in [1.29, 1.82) is 0 Å². The fourth-order valence-electron chi connectivity index (χ4n) is 1.73. The van der Waals surface area contributed by atoms with Gasteiger partial charge in [-0.1, -0.05) is 0 Å². The summed E-state index contributed by atoms with van der Waals surface area (Å²) in [7, 11) is 3.47. The van der Waals surface area contributed by atoms with Crippen LogP contribution in [0.3, 0.4) is 0 Å². The average molecular weight is 267 g/mol. The zero-order valence-corrected chi connectivity index (χ0v) is 11.3. The molecule has 19 heavy (non-hydrogen) atoms. The maximum atomic E-state index is 13.3. The minimum absolute atomic E-state index is 0.0902. The first kappa shape index (κ1) is 15.2. The highest BCUT2D eigenvalue weighted by molar-refractivity contribution is 5.87. The van der Waals surface area contributed by atoms with E-state index in [-0.39, 0.29) is 6.04 Å². The van der Waals surface area contributed by atoms with Gasteiger partial charge in [-0.05, 0) is 31.2 Å². The number of anilines is 1. The van der Waals surface area contributed by atoms with E-state index in [0.717, 1.165) is 11.8 Å². The van der Waals surface area contributed by atoms with E-state index in [1.54, 1.807) is 13.2 Å². The Hall–Kier alpha value is -1.88. The van der Waals surface area contributed by atoms with Crippen LogP contribution in [0.4, 0.5) is 10.1 Å². The standard InChI is InChI=1S/C14H18FNO3/c1-10(9-19-3)16(2)13-6-5-12(15)8-11(13)4-7-14(17)18/h4-8,10H,9H2,1-3H3,(H,17,18). The molecule has 1 atom stereocenters. The first-order valence-corrected chi connectivity index (χ1v) is 5.88. The van der Waals surface area contributed by atoms with Gasteiger partial charge in [-0.25, -0.2) is 9.18 Å². The fourth-order valence-corrected chi connectivity index (χ4v) is 1.73. The molecule has 0 saturated carbocycles. The number of benzene rings is 1. The largest absolute Gasteiger partial charge is 0.478 e. The van der Waals surface area contributed by atoms with Crippen LogP contribution in [0, 0.1) is 5.82 Å². The molecule has 0 aromatic heterocycles. The first-order valence-electron chi connectivity index (χ1n) is 5.88. The van der Waals surface area contributed by atoms with Crippen molar-refractivity contribution in [3.63, 3.8) is 0 Å². The molecular weight excluding hydrogens is 249 g/mol. The number of nitrogens with zero attached hydrogens (tertiary/aromatic N) is 1. The van der Waals surface area contributed by atoms with Crippen LogP contribution in [-0.4, -0.2) is 37.9 Å². The van der Waals surface area contributed by atoms with Crippen molar-refractivity contribution in [3.05, 3.63) is 35.7 Å². The number of carboxylic acids is 1. The molecule has 0 spiro atoms. The second-order valence-corrected chi connectivity index (χ2v) is 4.29. The van der Waals surface area contributed by atoms with E-state index in [1.165, 1.54) is 18.2 Å². The third-order valence-electron chi connectivity index (χ3n) is 2.84. The molecule has 1 aromatic carbocycles. The van der Waals surface area contributed by atoms with Crippen molar-refractivity contribution < 1.29 is 19.0 Å². The van der Waals surface area contributed by atoms with Crippen LogP contribution in [0.25, 0.3) is 6.08 Å². The molecule has 1 aromatic rings. The number of carboxylic acid groups (broad SMARTS) is 1. The van der Waals surface area contributed by atoms with E-state index in [1.807, 2.05) is 18.9 Å². The Morgan fingerprint density at radius 3 is 2.84 bits per heavy atom. The molecular formula is C14H18FNO3. The van der Waals surface area contributed by atoms with Crippen molar-refractivity contribution in [2.75, 3.05) is 25.7 Å². The number of halogens is 1. The predicted molar refractivity (Wildman–Crippen MR) is 72.8 cm³/mol. The van der Waals surface area contributed by atoms with Crippen molar-refractivity contribution in [2.24, 2.45) is 0 Å². The zero-order chi connectivity index (χ0) is 14.4. The van der Waals surface area contributed by atoms with Gasteiger partial charge in [-0.15, -0.1) is 0 Å². The molecule has 4 nitrogen and oxygen atoms in total. The highest BCUT2D eigenvalue weighted by Gasteiger charge is 2.13. The van der Waals surface area contributed by atoms with E-state index >= 15 is 0 Å². The lowest BCUT2D eigenvalue weighted by molar-refractivity contribution is -0.131. The third-order valence-corrected chi connectivity index (χ3v) is 2.84. The summed E-state index contributed by atoms with van der Waals surface area (Å²) in [4.78, 5) is 12.5. The van der Waals surface area contributed by atoms with E-state index in [2.05, 4.69) is 0 Å². The molecule has 5 heteroatoms. The van der Waals surface area contributed by atoms with Crippen molar-refractivity contribution >= 4 is 17.7 Å². The maximum Gasteiger partial charge on any atom is 0.328 e. The molecule has 0 aliphatic heterocycles. The van der Waals surface area contributed by atoms with Crippen molar-refractivity contribution in [3.8, 4) is 0 Å². The van der Waals surface area contributed by atoms with E-state index < -0.39 is 11.8 Å². The van der Waals surface area contributed by atoms with Gasteiger partial charge in [0.05, 0.1) is 6.61 Å². The summed E-state index contributed by atoms with van der Waals surface area (Å²) < 4.78 is 18.3. The summed E-state index contributed by atoms with van der Waals surface area (Å²) in [6, 6.07) is 4.38. The Labute approximate surface area is 112 Å². The first-order chi connectivity index (χ1) is 8.95. The zero-order valence-electron chi connectivity index (χ0n) is 11.3. The Kier molecular flexibility index (Phi) is 5.51. The summed E-state index contributed by atoms with van der Waals surface area (Å²) >= 11 is 0. The van der Waals surface area contributed by atoms with Gasteiger partial charge in [-0.3, -0.25) is 0 Å². The number of methoxy groups -OCH3 is 1. The number of ether oxygens (including phenoxy) is 1. The summed E-state index contributed by atoms with van der Waals surface area (Å²) in [5, 5.41) is 8.65. The molecule has 0 amide bonds. The highest BCUT2D eigenvalue weighted by atomic mass is 19.1. The number of hydrogen-bond acceptors (Lipinski definition) is 3. The lowest BCUT2D eigenvalue weighted by atomic mass is 10.1. The minimum atomic E-state index is -1.07. The molecule has 0 aliphatic carbocycles. The average Bonchev–Trinajstić information content (AvgIpc) is 2.36. The smallest absolute Gasteiger partial charge is 0.328 e. The summed E-state index contributed by atoms with van der Waals surface area (Å²) in [5.74, 6) is -1.47. The molecule has 1 unspecified atom stereocenters. The van der Waals surface area contributed by atoms with Crippen LogP contribution in [0.5, 0.6) is 0 Å². The number of carbonyl (C=O) groups is 1. The Balaban J connectivity index is 3.08. The van der Waals surface area contributed by atoms with Gasteiger partial charge in [-0.2, -0.15) is 0 Å². The SMILES string of the molecule is COCC(C)N(C)c1ccc(F)cc1C=CC(=O)O. The molecule has 0 fully saturated rings. The number of likely N-dealkylation sites (N-methyl/N-ethyl adjacent to an activating group) is 1. The van der Waals surface area contributed by atoms with Gasteiger partial charge in [0.25, 0.3) is 0 Å². The Bertz CT molecular complexity index is 474. The monoisotopic (exact) mass is 267 g/mol. The molecule has 0 aliphatic rings. The van der Waals surface area contributed by atoms with Crippen LogP contribution in [0.2, 0.25) is 0 Å². The number of aliphatic carboxylic acids is 1. The number of hydrogen-bond donors (Lipinski definition) is 1. The summed E-state index contributed by atoms with van der Waals surface area (Å²) in [6.45, 7) is 2.49. The van der Waals surface area contributed by atoms with Crippen LogP contribution in [-0.2, 0) is 9.53 Å². The molecule has 0 saturated heterocycles. The van der Waals surface area contributed by atoms with Gasteiger partial charge in [0.15, 0.2) is 0 Å². The summed E-state index contributed by atoms with van der Waals surface area (Å²) in [6.07, 6.45) is 2.38. The van der Waals surface area contributed by atoms with Crippen LogP contribution >= 0.6 is 0 Å². The van der Waals surface area contributed by atoms with Crippen LogP contribution in [0.15, 0.2) is 24.3 Å². The fraction of sp³-hybridized carbons (Fsp3) is 0.357.